The lowest BCUT2D eigenvalue weighted by molar-refractivity contribution is 1.10. The number of rotatable bonds is 4. The van der Waals surface area contributed by atoms with Crippen molar-refractivity contribution in [2.75, 3.05) is 11.9 Å². The molecule has 1 N–H and O–H groups in total. The molecule has 0 spiro atoms. The summed E-state index contributed by atoms with van der Waals surface area (Å²) in [5.41, 5.74) is 2.36. The van der Waals surface area contributed by atoms with Gasteiger partial charge in [-0.2, -0.15) is 0 Å². The molecule has 1 aromatic carbocycles. The van der Waals surface area contributed by atoms with Crippen molar-refractivity contribution in [1.82, 2.24) is 9.97 Å². The van der Waals surface area contributed by atoms with E-state index < -0.39 is 0 Å². The number of halogens is 1. The predicted octanol–water partition coefficient (Wildman–Crippen LogP) is 3.90. The Morgan fingerprint density at radius 3 is 2.50 bits per heavy atom. The minimum atomic E-state index is 0.747. The van der Waals surface area contributed by atoms with Crippen molar-refractivity contribution in [2.45, 2.75) is 20.3 Å². The minimum Gasteiger partial charge on any atom is -0.369 e. The molecule has 0 aliphatic carbocycles. The lowest BCUT2D eigenvalue weighted by Gasteiger charge is -2.07. The van der Waals surface area contributed by atoms with Crippen molar-refractivity contribution in [3.8, 4) is 11.4 Å². The third-order valence-electron chi connectivity index (χ3n) is 2.71. The molecule has 0 unspecified atom stereocenters. The summed E-state index contributed by atoms with van der Waals surface area (Å²) in [5, 5.41) is 3.21. The van der Waals surface area contributed by atoms with Gasteiger partial charge in [0.25, 0.3) is 0 Å². The summed E-state index contributed by atoms with van der Waals surface area (Å²) in [4.78, 5) is 8.87. The highest BCUT2D eigenvalue weighted by molar-refractivity contribution is 9.10. The van der Waals surface area contributed by atoms with Crippen LogP contribution in [0.15, 0.2) is 34.9 Å². The predicted molar refractivity (Wildman–Crippen MR) is 78.7 cm³/mol. The van der Waals surface area contributed by atoms with Crippen LogP contribution in [0.1, 0.15) is 19.4 Å². The Balaban J connectivity index is 2.34. The van der Waals surface area contributed by atoms with Gasteiger partial charge in [0.15, 0.2) is 5.82 Å². The first-order chi connectivity index (χ1) is 8.74. The zero-order valence-corrected chi connectivity index (χ0v) is 12.2. The molecule has 0 atom stereocenters. The van der Waals surface area contributed by atoms with E-state index in [0.29, 0.717) is 0 Å². The summed E-state index contributed by atoms with van der Waals surface area (Å²) >= 11 is 3.44. The Morgan fingerprint density at radius 1 is 1.17 bits per heavy atom. The lowest BCUT2D eigenvalue weighted by Crippen LogP contribution is -2.02. The number of aryl methyl sites for hydroxylation is 1. The molecule has 0 amide bonds. The first-order valence-electron chi connectivity index (χ1n) is 6.10. The van der Waals surface area contributed by atoms with Gasteiger partial charge >= 0.3 is 0 Å². The maximum absolute atomic E-state index is 4.52. The number of anilines is 1. The van der Waals surface area contributed by atoms with Crippen LogP contribution in [0.3, 0.4) is 0 Å². The number of nitrogens with zero attached hydrogens (tertiary/aromatic N) is 2. The summed E-state index contributed by atoms with van der Waals surface area (Å²) < 4.78 is 0.887. The number of hydrogen-bond donors (Lipinski definition) is 1. The summed E-state index contributed by atoms with van der Waals surface area (Å²) in [6.45, 7) is 5.03. The second-order valence-corrected chi connectivity index (χ2v) is 4.83. The summed E-state index contributed by atoms with van der Waals surface area (Å²) in [7, 11) is 0. The quantitative estimate of drug-likeness (QED) is 0.931. The van der Waals surface area contributed by atoms with Crippen molar-refractivity contribution >= 4 is 21.7 Å². The smallest absolute Gasteiger partial charge is 0.161 e. The van der Waals surface area contributed by atoms with Crippen molar-refractivity contribution in [2.24, 2.45) is 0 Å². The van der Waals surface area contributed by atoms with Gasteiger partial charge in [0.2, 0.25) is 0 Å². The van der Waals surface area contributed by atoms with Crippen LogP contribution in [0.5, 0.6) is 0 Å². The number of nitrogens with one attached hydrogen (secondary N) is 1. The van der Waals surface area contributed by atoms with Crippen LogP contribution in [0.25, 0.3) is 11.4 Å². The molecule has 0 saturated carbocycles. The molecule has 0 aliphatic rings. The van der Waals surface area contributed by atoms with Crippen molar-refractivity contribution < 1.29 is 0 Å². The maximum atomic E-state index is 4.52. The van der Waals surface area contributed by atoms with E-state index in [1.165, 1.54) is 5.56 Å². The molecule has 0 aliphatic heterocycles. The van der Waals surface area contributed by atoms with Crippen LogP contribution >= 0.6 is 15.9 Å². The highest BCUT2D eigenvalue weighted by atomic mass is 79.9. The summed E-state index contributed by atoms with van der Waals surface area (Å²) in [6, 6.07) is 8.37. The average molecular weight is 306 g/mol. The van der Waals surface area contributed by atoms with E-state index in [1.807, 2.05) is 6.92 Å². The van der Waals surface area contributed by atoms with Crippen molar-refractivity contribution in [3.05, 3.63) is 40.5 Å². The van der Waals surface area contributed by atoms with Gasteiger partial charge in [-0.05, 0) is 34.8 Å². The molecule has 0 fully saturated rings. The first-order valence-corrected chi connectivity index (χ1v) is 6.89. The Hall–Kier alpha value is -1.42. The molecule has 94 valence electrons. The van der Waals surface area contributed by atoms with Crippen LogP contribution < -0.4 is 5.32 Å². The molecule has 0 radical (unpaired) electrons. The summed E-state index contributed by atoms with van der Waals surface area (Å²) in [5.74, 6) is 1.58. The van der Waals surface area contributed by atoms with Gasteiger partial charge in [-0.25, -0.2) is 9.97 Å². The van der Waals surface area contributed by atoms with Gasteiger partial charge in [-0.15, -0.1) is 0 Å². The molecule has 0 saturated heterocycles. The topological polar surface area (TPSA) is 37.8 Å². The van der Waals surface area contributed by atoms with E-state index in [-0.39, 0.29) is 0 Å². The second kappa shape index (κ2) is 5.96. The number of aromatic nitrogens is 2. The lowest BCUT2D eigenvalue weighted by atomic mass is 10.1. The van der Waals surface area contributed by atoms with Crippen molar-refractivity contribution in [3.63, 3.8) is 0 Å². The van der Waals surface area contributed by atoms with E-state index in [4.69, 9.17) is 0 Å². The highest BCUT2D eigenvalue weighted by Crippen LogP contribution is 2.23. The fraction of sp³-hybridized carbons (Fsp3) is 0.286. The van der Waals surface area contributed by atoms with Gasteiger partial charge in [-0.3, -0.25) is 0 Å². The van der Waals surface area contributed by atoms with Gasteiger partial charge in [0.05, 0.1) is 4.47 Å². The van der Waals surface area contributed by atoms with E-state index >= 15 is 0 Å². The van der Waals surface area contributed by atoms with Gasteiger partial charge in [0.1, 0.15) is 5.82 Å². The fourth-order valence-corrected chi connectivity index (χ4v) is 2.02. The zero-order valence-electron chi connectivity index (χ0n) is 10.6. The zero-order chi connectivity index (χ0) is 13.0. The minimum absolute atomic E-state index is 0.747. The monoisotopic (exact) mass is 305 g/mol. The molecule has 4 heteroatoms. The van der Waals surface area contributed by atoms with Crippen LogP contribution in [-0.2, 0) is 6.42 Å². The van der Waals surface area contributed by atoms with Gasteiger partial charge in [0, 0.05) is 18.3 Å². The van der Waals surface area contributed by atoms with Crippen LogP contribution in [0.4, 0.5) is 5.82 Å². The van der Waals surface area contributed by atoms with Gasteiger partial charge < -0.3 is 5.32 Å². The Labute approximate surface area is 116 Å². The summed E-state index contributed by atoms with van der Waals surface area (Å²) in [6.07, 6.45) is 2.83. The molecular formula is C14H16BrN3. The molecule has 3 nitrogen and oxygen atoms in total. The fourth-order valence-electron chi connectivity index (χ4n) is 1.69. The van der Waals surface area contributed by atoms with E-state index in [0.717, 1.165) is 34.6 Å². The second-order valence-electron chi connectivity index (χ2n) is 3.97. The maximum Gasteiger partial charge on any atom is 0.161 e. The SMILES string of the molecule is CCNc1nc(-c2ccc(CC)cc2)ncc1Br. The van der Waals surface area contributed by atoms with Crippen LogP contribution in [-0.4, -0.2) is 16.5 Å². The third-order valence-corrected chi connectivity index (χ3v) is 3.29. The standard InChI is InChI=1S/C14H16BrN3/c1-3-10-5-7-11(8-6-10)13-17-9-12(15)14(18-13)16-4-2/h5-9H,3-4H2,1-2H3,(H,16,17,18). The van der Waals surface area contributed by atoms with Crippen LogP contribution in [0, 0.1) is 0 Å². The van der Waals surface area contributed by atoms with E-state index in [9.17, 15) is 0 Å². The van der Waals surface area contributed by atoms with Crippen LogP contribution in [0.2, 0.25) is 0 Å². The van der Waals surface area contributed by atoms with E-state index in [2.05, 4.69) is 62.4 Å². The third kappa shape index (κ3) is 2.88. The molecule has 2 aromatic rings. The molecule has 18 heavy (non-hydrogen) atoms. The van der Waals surface area contributed by atoms with E-state index in [1.54, 1.807) is 6.20 Å². The normalized spacial score (nSPS) is 10.4. The number of benzene rings is 1. The van der Waals surface area contributed by atoms with Gasteiger partial charge in [-0.1, -0.05) is 31.2 Å². The van der Waals surface area contributed by atoms with Crippen molar-refractivity contribution in [1.29, 1.82) is 0 Å². The first kappa shape index (κ1) is 13.0. The Kier molecular flexibility index (Phi) is 4.31. The Morgan fingerprint density at radius 2 is 1.89 bits per heavy atom. The molecule has 2 rings (SSSR count). The molecule has 1 aromatic heterocycles. The number of hydrogen-bond acceptors (Lipinski definition) is 3. The Bertz CT molecular complexity index is 523. The average Bonchev–Trinajstić information content (AvgIpc) is 2.42. The highest BCUT2D eigenvalue weighted by Gasteiger charge is 2.06. The largest absolute Gasteiger partial charge is 0.369 e. The molecule has 1 heterocycles. The molecule has 0 bridgehead atoms. The molecular weight excluding hydrogens is 290 g/mol.